The summed E-state index contributed by atoms with van der Waals surface area (Å²) >= 11 is 3.54. The Kier molecular flexibility index (Phi) is 11.3. The highest BCUT2D eigenvalue weighted by atomic mass is 32.2. The minimum absolute atomic E-state index is 0.0157. The van der Waals surface area contributed by atoms with Crippen molar-refractivity contribution in [1.29, 1.82) is 0 Å². The lowest BCUT2D eigenvalue weighted by atomic mass is 10.0. The number of thiazole rings is 1. The number of aliphatic carboxylic acids is 3. The number of hydrogen-bond donors (Lipinski definition) is 5. The van der Waals surface area contributed by atoms with Gasteiger partial charge >= 0.3 is 18.1 Å². The fourth-order valence-electron chi connectivity index (χ4n) is 4.50. The van der Waals surface area contributed by atoms with Crippen LogP contribution in [0.3, 0.4) is 0 Å². The van der Waals surface area contributed by atoms with Crippen LogP contribution in [0.5, 0.6) is 0 Å². The molecule has 0 saturated carbocycles. The summed E-state index contributed by atoms with van der Waals surface area (Å²) in [6.07, 6.45) is -5.19. The highest BCUT2D eigenvalue weighted by Gasteiger charge is 2.54. The molecule has 0 radical (unpaired) electrons. The molecule has 0 spiro atoms. The smallest absolute Gasteiger partial charge is 0.430 e. The maximum Gasteiger partial charge on any atom is 0.430 e. The zero-order valence-corrected chi connectivity index (χ0v) is 30.0. The van der Waals surface area contributed by atoms with Crippen molar-refractivity contribution in [3.8, 4) is 0 Å². The van der Waals surface area contributed by atoms with Crippen molar-refractivity contribution in [1.82, 2.24) is 29.8 Å². The number of β-lactam (4-membered cyclic amide) rings is 1. The molecule has 5 heterocycles. The van der Waals surface area contributed by atoms with E-state index in [2.05, 4.69) is 25.5 Å². The maximum atomic E-state index is 13.3. The van der Waals surface area contributed by atoms with Crippen LogP contribution in [0, 0.1) is 13.8 Å². The normalized spacial score (nSPS) is 17.6. The average molecular weight is 791 g/mol. The van der Waals surface area contributed by atoms with E-state index >= 15 is 0 Å². The predicted molar refractivity (Wildman–Crippen MR) is 175 cm³/mol. The second-order valence-corrected chi connectivity index (χ2v) is 14.3. The molecule has 0 aromatic carbocycles. The topological polar surface area (TPSA) is 285 Å². The van der Waals surface area contributed by atoms with Crippen LogP contribution < -0.4 is 26.5 Å². The first-order valence-corrected chi connectivity index (χ1v) is 17.3. The molecule has 1 fully saturated rings. The third kappa shape index (κ3) is 7.99. The Morgan fingerprint density at radius 2 is 1.85 bits per heavy atom. The van der Waals surface area contributed by atoms with Gasteiger partial charge in [-0.2, -0.15) is 18.2 Å². The van der Waals surface area contributed by atoms with Gasteiger partial charge in [-0.25, -0.2) is 19.1 Å². The summed E-state index contributed by atoms with van der Waals surface area (Å²) in [5.74, 6) is -5.64. The minimum Gasteiger partial charge on any atom is -0.542 e. The van der Waals surface area contributed by atoms with Gasteiger partial charge in [0.2, 0.25) is 5.60 Å². The summed E-state index contributed by atoms with van der Waals surface area (Å²) in [6.45, 7) is 6.17. The number of aromatic nitrogens is 5. The molecule has 25 heteroatoms. The Balaban J connectivity index is 0.000000785. The van der Waals surface area contributed by atoms with Crippen LogP contribution in [0.25, 0.3) is 5.65 Å². The first-order chi connectivity index (χ1) is 24.1. The van der Waals surface area contributed by atoms with Crippen molar-refractivity contribution in [3.05, 3.63) is 33.7 Å². The van der Waals surface area contributed by atoms with E-state index in [1.807, 2.05) is 25.5 Å². The second kappa shape index (κ2) is 14.8. The summed E-state index contributed by atoms with van der Waals surface area (Å²) in [7, 11) is 1.86. The molecule has 2 aliphatic rings. The zero-order valence-electron chi connectivity index (χ0n) is 27.5. The summed E-state index contributed by atoms with van der Waals surface area (Å²) in [5.41, 5.74) is 11.5. The van der Waals surface area contributed by atoms with E-state index in [1.54, 1.807) is 4.52 Å². The summed E-state index contributed by atoms with van der Waals surface area (Å²) in [6, 6.07) is -1.09. The molecule has 280 valence electrons. The molecule has 0 aliphatic carbocycles. The number of carbonyl (C=O) groups is 5. The van der Waals surface area contributed by atoms with Gasteiger partial charge in [-0.05, 0) is 30.9 Å². The molecule has 52 heavy (non-hydrogen) atoms. The first kappa shape index (κ1) is 39.6. The fraction of sp³-hybridized carbons (Fsp3) is 0.407. The highest BCUT2D eigenvalue weighted by molar-refractivity contribution is 8.01. The Morgan fingerprint density at radius 3 is 2.38 bits per heavy atom. The number of alkyl halides is 3. The Labute approximate surface area is 302 Å². The standard InChI is InChI=1S/C25H28N10O7S3.C2HF3O2/c1-9-16(26)30-24(35-18(9)33(5)10(2)31-35)45-7-11-6-43-20-14(19(37)34(20)15(11)21(38)39)29-17(36)13(12-8-44-23(27)28-12)32-42-25(3,4)22(40)41;3-2(4,5)1(6)7/h8,14,20,26H,6-7H2,1-5H3,(H5,27,28,29,36,38,39,40,41);(H,6,7)/b32-13-;. The van der Waals surface area contributed by atoms with Crippen LogP contribution in [0.15, 0.2) is 27.0 Å². The largest absolute Gasteiger partial charge is 0.542 e. The molecule has 0 bridgehead atoms. The number of nitrogens with two attached hydrogens (primary N) is 2. The monoisotopic (exact) mass is 790 g/mol. The summed E-state index contributed by atoms with van der Waals surface area (Å²) in [4.78, 5) is 74.0. The number of thioether (sulfide) groups is 2. The number of oxime groups is 1. The van der Waals surface area contributed by atoms with Gasteiger partial charge < -0.3 is 41.7 Å². The summed E-state index contributed by atoms with van der Waals surface area (Å²) < 4.78 is 35.1. The predicted octanol–water partition coefficient (Wildman–Crippen LogP) is -0.795. The molecule has 2 aliphatic heterocycles. The number of nitrogens with one attached hydrogen (secondary N) is 1. The number of carbonyl (C=O) groups excluding carboxylic acids is 3. The lowest BCUT2D eigenvalue weighted by molar-refractivity contribution is -0.652. The van der Waals surface area contributed by atoms with Gasteiger partial charge in [0.05, 0.1) is 12.6 Å². The van der Waals surface area contributed by atoms with Crippen molar-refractivity contribution in [2.45, 2.75) is 56.0 Å². The number of carboxylic acid groups (broad SMARTS) is 3. The van der Waals surface area contributed by atoms with Crippen molar-refractivity contribution in [2.75, 3.05) is 23.0 Å². The van der Waals surface area contributed by atoms with E-state index in [0.29, 0.717) is 16.5 Å². The molecule has 2 amide bonds. The third-order valence-electron chi connectivity index (χ3n) is 7.37. The van der Waals surface area contributed by atoms with Crippen molar-refractivity contribution < 1.29 is 61.9 Å². The van der Waals surface area contributed by atoms with Crippen LogP contribution in [0.2, 0.25) is 0 Å². The number of anilines is 2. The molecule has 19 nitrogen and oxygen atoms in total. The molecule has 3 aromatic rings. The van der Waals surface area contributed by atoms with Crippen LogP contribution in [-0.4, -0.2) is 105 Å². The molecular weight excluding hydrogens is 762 g/mol. The molecule has 2 atom stereocenters. The van der Waals surface area contributed by atoms with E-state index in [0.717, 1.165) is 33.3 Å². The number of rotatable bonds is 10. The van der Waals surface area contributed by atoms with Crippen molar-refractivity contribution >= 4 is 86.9 Å². The molecule has 2 unspecified atom stereocenters. The highest BCUT2D eigenvalue weighted by Crippen LogP contribution is 2.41. The molecule has 5 rings (SSSR count). The van der Waals surface area contributed by atoms with E-state index < -0.39 is 58.6 Å². The van der Waals surface area contributed by atoms with Gasteiger partial charge in [0.15, 0.2) is 10.8 Å². The number of aryl methyl sites for hydroxylation is 3. The van der Waals surface area contributed by atoms with Gasteiger partial charge in [0.25, 0.3) is 28.4 Å². The number of hydrogen-bond acceptors (Lipinski definition) is 16. The fourth-order valence-corrected chi connectivity index (χ4v) is 7.47. The molecular formula is C27H29F3N10O9S3. The van der Waals surface area contributed by atoms with E-state index in [1.165, 1.54) is 42.8 Å². The Hall–Kier alpha value is -5.17. The molecule has 3 aromatic heterocycles. The van der Waals surface area contributed by atoms with Crippen LogP contribution in [0.1, 0.15) is 30.9 Å². The van der Waals surface area contributed by atoms with Crippen LogP contribution in [-0.2, 0) is 35.9 Å². The van der Waals surface area contributed by atoms with Gasteiger partial charge in [-0.3, -0.25) is 14.5 Å². The van der Waals surface area contributed by atoms with Crippen LogP contribution in [0.4, 0.5) is 24.1 Å². The Morgan fingerprint density at radius 1 is 1.21 bits per heavy atom. The zero-order chi connectivity index (χ0) is 39.0. The lowest BCUT2D eigenvalue weighted by Gasteiger charge is -2.49. The number of carboxylic acids is 3. The maximum absolute atomic E-state index is 13.3. The lowest BCUT2D eigenvalue weighted by Crippen LogP contribution is -2.71. The SMILES string of the molecule is Cc1c(N)nc(SCC2=C(C(=O)O)N3C(=O)C(NC(=O)/C(=N\OC(C)(C)C(=O)O)c4csc(N)n4)C3SC2)n2nc(C)[n+](C)c12.O=C([O-])C(F)(F)F. The second-order valence-electron chi connectivity index (χ2n) is 11.4. The van der Waals surface area contributed by atoms with Crippen molar-refractivity contribution in [3.63, 3.8) is 0 Å². The van der Waals surface area contributed by atoms with Gasteiger partial charge in [0, 0.05) is 28.9 Å². The Bertz CT molecular complexity index is 2050. The quantitative estimate of drug-likeness (QED) is 0.0420. The van der Waals surface area contributed by atoms with Gasteiger partial charge in [-0.1, -0.05) is 16.9 Å². The van der Waals surface area contributed by atoms with E-state index in [-0.39, 0.29) is 28.0 Å². The number of fused-ring (bicyclic) bond motifs is 2. The number of nitrogens with zero attached hydrogens (tertiary/aromatic N) is 7. The molecule has 1 saturated heterocycles. The van der Waals surface area contributed by atoms with E-state index in [9.17, 15) is 42.6 Å². The summed E-state index contributed by atoms with van der Waals surface area (Å²) in [5, 5.41) is 40.4. The number of nitrogen functional groups attached to an aromatic ring is 2. The van der Waals surface area contributed by atoms with E-state index in [4.69, 9.17) is 26.2 Å². The minimum atomic E-state index is -5.19. The van der Waals surface area contributed by atoms with Gasteiger partial charge in [0.1, 0.15) is 34.6 Å². The van der Waals surface area contributed by atoms with Crippen molar-refractivity contribution in [2.24, 2.45) is 12.2 Å². The molecule has 7 N–H and O–H groups in total. The first-order valence-electron chi connectivity index (χ1n) is 14.4. The third-order valence-corrected chi connectivity index (χ3v) is 10.4. The van der Waals surface area contributed by atoms with Gasteiger partial charge in [-0.15, -0.1) is 23.1 Å². The number of amides is 2. The van der Waals surface area contributed by atoms with Crippen LogP contribution >= 0.6 is 34.9 Å². The average Bonchev–Trinajstić information content (AvgIpc) is 3.61. The number of halogens is 3.